The lowest BCUT2D eigenvalue weighted by Crippen LogP contribution is -2.33. The second kappa shape index (κ2) is 7.16. The van der Waals surface area contributed by atoms with Crippen molar-refractivity contribution in [2.75, 3.05) is 31.2 Å². The molecule has 0 unspecified atom stereocenters. The van der Waals surface area contributed by atoms with Crippen LogP contribution < -0.4 is 11.1 Å². The molecular weight excluding hydrogens is 248 g/mol. The van der Waals surface area contributed by atoms with Crippen LogP contribution in [-0.4, -0.2) is 31.1 Å². The molecule has 1 saturated carbocycles. The Labute approximate surface area is 121 Å². The molecule has 1 aliphatic carbocycles. The third-order valence-electron chi connectivity index (χ3n) is 4.15. The summed E-state index contributed by atoms with van der Waals surface area (Å²) in [6.07, 6.45) is 5.79. The number of likely N-dealkylation sites (N-methyl/N-ethyl adjacent to an activating group) is 1. The fourth-order valence-electron chi connectivity index (χ4n) is 2.86. The highest BCUT2D eigenvalue weighted by Crippen LogP contribution is 2.22. The minimum atomic E-state index is 0.364. The number of hydrogen-bond donors (Lipinski definition) is 2. The Kier molecular flexibility index (Phi) is 5.25. The number of rotatable bonds is 6. The van der Waals surface area contributed by atoms with Gasteiger partial charge in [-0.2, -0.15) is 5.26 Å². The Bertz CT molecular complexity index is 472. The zero-order valence-electron chi connectivity index (χ0n) is 12.2. The Morgan fingerprint density at radius 1 is 1.40 bits per heavy atom. The van der Waals surface area contributed by atoms with Crippen LogP contribution >= 0.6 is 0 Å². The van der Waals surface area contributed by atoms with Gasteiger partial charge >= 0.3 is 0 Å². The summed E-state index contributed by atoms with van der Waals surface area (Å²) >= 11 is 0. The first-order chi connectivity index (χ1) is 9.70. The maximum atomic E-state index is 8.77. The number of nitrogen functional groups attached to an aromatic ring is 1. The molecule has 1 aromatic carbocycles. The molecule has 0 aromatic heterocycles. The van der Waals surface area contributed by atoms with Crippen LogP contribution in [0, 0.1) is 11.3 Å². The molecule has 1 fully saturated rings. The second-order valence-electron chi connectivity index (χ2n) is 5.59. The highest BCUT2D eigenvalue weighted by Gasteiger charge is 2.18. The first-order valence-corrected chi connectivity index (χ1v) is 7.40. The second-order valence-corrected chi connectivity index (χ2v) is 5.59. The lowest BCUT2D eigenvalue weighted by molar-refractivity contribution is 0.254. The highest BCUT2D eigenvalue weighted by atomic mass is 15.1. The minimum absolute atomic E-state index is 0.364. The number of hydrogen-bond acceptors (Lipinski definition) is 4. The summed E-state index contributed by atoms with van der Waals surface area (Å²) in [4.78, 5) is 2.45. The van der Waals surface area contributed by atoms with Crippen LogP contribution in [0.3, 0.4) is 0 Å². The number of nitrogens with zero attached hydrogens (tertiary/aromatic N) is 2. The zero-order valence-corrected chi connectivity index (χ0v) is 12.2. The smallest absolute Gasteiger partial charge is 0.0670 e. The Hall–Kier alpha value is -1.73. The molecule has 1 aliphatic rings. The Balaban J connectivity index is 1.81. The van der Waals surface area contributed by atoms with Gasteiger partial charge in [0.2, 0.25) is 0 Å². The van der Waals surface area contributed by atoms with Crippen molar-refractivity contribution in [2.24, 2.45) is 0 Å². The molecule has 1 aromatic rings. The van der Waals surface area contributed by atoms with Gasteiger partial charge in [-0.15, -0.1) is 0 Å². The lowest BCUT2D eigenvalue weighted by atomic mass is 10.1. The van der Waals surface area contributed by atoms with Gasteiger partial charge in [-0.3, -0.25) is 0 Å². The first kappa shape index (κ1) is 14.7. The van der Waals surface area contributed by atoms with Crippen LogP contribution in [-0.2, 0) is 6.42 Å². The lowest BCUT2D eigenvalue weighted by Gasteiger charge is -2.24. The number of nitriles is 1. The number of nitrogens with two attached hydrogens (primary N) is 1. The van der Waals surface area contributed by atoms with Crippen molar-refractivity contribution in [1.82, 2.24) is 4.90 Å². The average molecular weight is 272 g/mol. The molecule has 108 valence electrons. The summed E-state index contributed by atoms with van der Waals surface area (Å²) in [6.45, 7) is 1.96. The van der Waals surface area contributed by atoms with Gasteiger partial charge in [0, 0.05) is 30.5 Å². The van der Waals surface area contributed by atoms with Gasteiger partial charge in [-0.25, -0.2) is 0 Å². The Morgan fingerprint density at radius 2 is 2.15 bits per heavy atom. The topological polar surface area (TPSA) is 65.1 Å². The summed E-state index contributed by atoms with van der Waals surface area (Å²) < 4.78 is 0. The fourth-order valence-corrected chi connectivity index (χ4v) is 2.86. The van der Waals surface area contributed by atoms with Crippen LogP contribution in [0.5, 0.6) is 0 Å². The number of benzene rings is 1. The van der Waals surface area contributed by atoms with E-state index in [0.29, 0.717) is 12.1 Å². The highest BCUT2D eigenvalue weighted by molar-refractivity contribution is 5.58. The van der Waals surface area contributed by atoms with E-state index in [9.17, 15) is 0 Å². The summed E-state index contributed by atoms with van der Waals surface area (Å²) in [5, 5.41) is 12.2. The summed E-state index contributed by atoms with van der Waals surface area (Å²) in [7, 11) is 2.21. The molecule has 0 heterocycles. The predicted octanol–water partition coefficient (Wildman–Crippen LogP) is 2.62. The minimum Gasteiger partial charge on any atom is -0.398 e. The van der Waals surface area contributed by atoms with Gasteiger partial charge < -0.3 is 16.0 Å². The third-order valence-corrected chi connectivity index (χ3v) is 4.15. The van der Waals surface area contributed by atoms with Gasteiger partial charge in [-0.05, 0) is 43.7 Å². The molecule has 0 spiro atoms. The van der Waals surface area contributed by atoms with Crippen molar-refractivity contribution >= 4 is 11.4 Å². The van der Waals surface area contributed by atoms with Crippen LogP contribution in [0.1, 0.15) is 31.2 Å². The van der Waals surface area contributed by atoms with E-state index in [0.717, 1.165) is 30.4 Å². The maximum Gasteiger partial charge on any atom is 0.0670 e. The van der Waals surface area contributed by atoms with Crippen molar-refractivity contribution in [3.8, 4) is 6.07 Å². The van der Waals surface area contributed by atoms with E-state index in [2.05, 4.69) is 23.3 Å². The van der Waals surface area contributed by atoms with E-state index in [1.165, 1.54) is 25.7 Å². The molecule has 4 nitrogen and oxygen atoms in total. The molecule has 20 heavy (non-hydrogen) atoms. The van der Waals surface area contributed by atoms with Gasteiger partial charge in [0.1, 0.15) is 0 Å². The summed E-state index contributed by atoms with van der Waals surface area (Å²) in [6, 6.07) is 8.74. The largest absolute Gasteiger partial charge is 0.398 e. The van der Waals surface area contributed by atoms with Gasteiger partial charge in [-0.1, -0.05) is 12.8 Å². The predicted molar refractivity (Wildman–Crippen MR) is 83.5 cm³/mol. The molecule has 4 heteroatoms. The van der Waals surface area contributed by atoms with Crippen LogP contribution in [0.25, 0.3) is 0 Å². The third kappa shape index (κ3) is 3.88. The van der Waals surface area contributed by atoms with Crippen LogP contribution in [0.2, 0.25) is 0 Å². The molecule has 2 rings (SSSR count). The Morgan fingerprint density at radius 3 is 2.85 bits per heavy atom. The van der Waals surface area contributed by atoms with Gasteiger partial charge in [0.15, 0.2) is 0 Å². The van der Waals surface area contributed by atoms with E-state index in [1.807, 2.05) is 18.2 Å². The normalized spacial score (nSPS) is 15.4. The van der Waals surface area contributed by atoms with Crippen LogP contribution in [0.15, 0.2) is 18.2 Å². The number of anilines is 2. The quantitative estimate of drug-likeness (QED) is 0.781. The van der Waals surface area contributed by atoms with Crippen molar-refractivity contribution in [3.63, 3.8) is 0 Å². The van der Waals surface area contributed by atoms with Crippen LogP contribution in [0.4, 0.5) is 11.4 Å². The maximum absolute atomic E-state index is 8.77. The first-order valence-electron chi connectivity index (χ1n) is 7.40. The fraction of sp³-hybridized carbons (Fsp3) is 0.562. The van der Waals surface area contributed by atoms with E-state index in [1.54, 1.807) is 0 Å². The van der Waals surface area contributed by atoms with Crippen molar-refractivity contribution in [2.45, 2.75) is 38.1 Å². The number of nitrogens with one attached hydrogen (secondary N) is 1. The van der Waals surface area contributed by atoms with Gasteiger partial charge in [0.25, 0.3) is 0 Å². The SMILES string of the molecule is CN(CCNc1ccc(N)c(CC#N)c1)C1CCCC1. The summed E-state index contributed by atoms with van der Waals surface area (Å²) in [5.74, 6) is 0. The van der Waals surface area contributed by atoms with Crippen molar-refractivity contribution < 1.29 is 0 Å². The monoisotopic (exact) mass is 272 g/mol. The molecule has 3 N–H and O–H groups in total. The molecule has 0 amide bonds. The van der Waals surface area contributed by atoms with Crippen molar-refractivity contribution in [3.05, 3.63) is 23.8 Å². The molecule has 0 saturated heterocycles. The van der Waals surface area contributed by atoms with E-state index >= 15 is 0 Å². The molecular formula is C16H24N4. The zero-order chi connectivity index (χ0) is 14.4. The average Bonchev–Trinajstić information content (AvgIpc) is 2.96. The van der Waals surface area contributed by atoms with Crippen molar-refractivity contribution in [1.29, 1.82) is 5.26 Å². The van der Waals surface area contributed by atoms with Gasteiger partial charge in [0.05, 0.1) is 12.5 Å². The molecule has 0 atom stereocenters. The summed E-state index contributed by atoms with van der Waals surface area (Å²) in [5.41, 5.74) is 8.49. The van der Waals surface area contributed by atoms with E-state index in [4.69, 9.17) is 11.0 Å². The van der Waals surface area contributed by atoms with E-state index < -0.39 is 0 Å². The molecule has 0 radical (unpaired) electrons. The molecule has 0 aliphatic heterocycles. The molecule has 0 bridgehead atoms. The standard InChI is InChI=1S/C16H24N4/c1-20(15-4-2-3-5-15)11-10-19-14-6-7-16(18)13(12-14)8-9-17/h6-7,12,15,19H,2-5,8,10-11,18H2,1H3. The van der Waals surface area contributed by atoms with E-state index in [-0.39, 0.29) is 0 Å².